The first kappa shape index (κ1) is 13.3. The monoisotopic (exact) mass is 285 g/mol. The van der Waals surface area contributed by atoms with Crippen molar-refractivity contribution in [2.75, 3.05) is 10.5 Å². The minimum atomic E-state index is -3.88. The number of nitrogens with zero attached hydrogens (tertiary/aromatic N) is 1. The average Bonchev–Trinajstić information content (AvgIpc) is 2.63. The fourth-order valence-electron chi connectivity index (χ4n) is 1.68. The predicted octanol–water partition coefficient (Wildman–Crippen LogP) is 1.81. The van der Waals surface area contributed by atoms with Gasteiger partial charge in [-0.3, -0.25) is 4.72 Å². The van der Waals surface area contributed by atoms with E-state index >= 15 is 0 Å². The number of nitrogens with one attached hydrogen (secondary N) is 1. The van der Waals surface area contributed by atoms with Crippen molar-refractivity contribution in [3.63, 3.8) is 0 Å². The summed E-state index contributed by atoms with van der Waals surface area (Å²) in [4.78, 5) is -0.0452. The smallest absolute Gasteiger partial charge is 0.267 e. The number of hydrogen-bond donors (Lipinski definition) is 2. The van der Waals surface area contributed by atoms with Crippen LogP contribution in [0.15, 0.2) is 27.6 Å². The Morgan fingerprint density at radius 3 is 2.58 bits per heavy atom. The number of benzene rings is 1. The van der Waals surface area contributed by atoms with Crippen LogP contribution in [0.1, 0.15) is 11.5 Å². The van der Waals surface area contributed by atoms with Crippen LogP contribution in [0.25, 0.3) is 0 Å². The van der Waals surface area contributed by atoms with E-state index < -0.39 is 15.8 Å². The highest BCUT2D eigenvalue weighted by molar-refractivity contribution is 7.92. The molecule has 1 aromatic carbocycles. The standard InChI is InChI=1S/C11H12FN3O3S/c1-6-11(7(2)18-14-6)19(16,17)15-10-4-3-8(12)5-9(10)13/h3-5,15H,13H2,1-2H3. The molecule has 1 heterocycles. The van der Waals surface area contributed by atoms with Gasteiger partial charge in [-0.1, -0.05) is 5.16 Å². The van der Waals surface area contributed by atoms with Crippen molar-refractivity contribution >= 4 is 21.4 Å². The topological polar surface area (TPSA) is 98.2 Å². The molecular formula is C11H12FN3O3S. The van der Waals surface area contributed by atoms with Crippen LogP contribution in [0.5, 0.6) is 0 Å². The SMILES string of the molecule is Cc1noc(C)c1S(=O)(=O)Nc1ccc(F)cc1N. The first-order valence-corrected chi connectivity index (χ1v) is 6.80. The lowest BCUT2D eigenvalue weighted by Gasteiger charge is -2.09. The Balaban J connectivity index is 2.42. The Morgan fingerprint density at radius 1 is 1.37 bits per heavy atom. The highest BCUT2D eigenvalue weighted by atomic mass is 32.2. The number of sulfonamides is 1. The molecule has 19 heavy (non-hydrogen) atoms. The Kier molecular flexibility index (Phi) is 3.19. The van der Waals surface area contributed by atoms with Crippen LogP contribution in [0.3, 0.4) is 0 Å². The number of rotatable bonds is 3. The van der Waals surface area contributed by atoms with Gasteiger partial charge in [0.2, 0.25) is 0 Å². The van der Waals surface area contributed by atoms with Gasteiger partial charge in [0.15, 0.2) is 10.7 Å². The maximum absolute atomic E-state index is 12.9. The quantitative estimate of drug-likeness (QED) is 0.838. The summed E-state index contributed by atoms with van der Waals surface area (Å²) < 4.78 is 44.3. The normalized spacial score (nSPS) is 11.5. The van der Waals surface area contributed by atoms with Gasteiger partial charge in [0.05, 0.1) is 11.4 Å². The van der Waals surface area contributed by atoms with E-state index in [9.17, 15) is 12.8 Å². The maximum Gasteiger partial charge on any atom is 0.267 e. The maximum atomic E-state index is 12.9. The molecule has 3 N–H and O–H groups in total. The van der Waals surface area contributed by atoms with Crippen molar-refractivity contribution in [1.29, 1.82) is 0 Å². The minimum Gasteiger partial charge on any atom is -0.397 e. The lowest BCUT2D eigenvalue weighted by atomic mass is 10.3. The van der Waals surface area contributed by atoms with E-state index in [1.54, 1.807) is 0 Å². The lowest BCUT2D eigenvalue weighted by molar-refractivity contribution is 0.390. The molecule has 2 rings (SSSR count). The van der Waals surface area contributed by atoms with Gasteiger partial charge in [-0.25, -0.2) is 12.8 Å². The van der Waals surface area contributed by atoms with Crippen LogP contribution < -0.4 is 10.5 Å². The highest BCUT2D eigenvalue weighted by Gasteiger charge is 2.24. The summed E-state index contributed by atoms with van der Waals surface area (Å²) in [5, 5.41) is 3.58. The number of halogens is 1. The molecule has 102 valence electrons. The van der Waals surface area contributed by atoms with Crippen molar-refractivity contribution < 1.29 is 17.3 Å². The zero-order chi connectivity index (χ0) is 14.2. The van der Waals surface area contributed by atoms with E-state index in [1.165, 1.54) is 19.9 Å². The molecule has 0 fully saturated rings. The summed E-state index contributed by atoms with van der Waals surface area (Å²) in [6.45, 7) is 3.00. The molecule has 8 heteroatoms. The summed E-state index contributed by atoms with van der Waals surface area (Å²) in [5.41, 5.74) is 5.89. The lowest BCUT2D eigenvalue weighted by Crippen LogP contribution is -2.15. The van der Waals surface area contributed by atoms with E-state index in [4.69, 9.17) is 10.3 Å². The third kappa shape index (κ3) is 2.53. The van der Waals surface area contributed by atoms with E-state index in [-0.39, 0.29) is 27.7 Å². The molecule has 1 aromatic heterocycles. The minimum absolute atomic E-state index is 0.00432. The average molecular weight is 285 g/mol. The van der Waals surface area contributed by atoms with E-state index in [0.29, 0.717) is 0 Å². The first-order chi connectivity index (χ1) is 8.81. The van der Waals surface area contributed by atoms with E-state index in [1.807, 2.05) is 0 Å². The van der Waals surface area contributed by atoms with Crippen molar-refractivity contribution in [2.45, 2.75) is 18.7 Å². The van der Waals surface area contributed by atoms with Crippen LogP contribution in [0.4, 0.5) is 15.8 Å². The fraction of sp³-hybridized carbons (Fsp3) is 0.182. The number of aromatic nitrogens is 1. The Hall–Kier alpha value is -2.09. The Morgan fingerprint density at radius 2 is 2.05 bits per heavy atom. The molecule has 0 aliphatic heterocycles. The number of nitrogens with two attached hydrogens (primary N) is 1. The molecule has 0 aliphatic carbocycles. The zero-order valence-corrected chi connectivity index (χ0v) is 11.1. The summed E-state index contributed by atoms with van der Waals surface area (Å²) in [6, 6.07) is 3.40. The van der Waals surface area contributed by atoms with Crippen molar-refractivity contribution in [2.24, 2.45) is 0 Å². The largest absolute Gasteiger partial charge is 0.397 e. The second-order valence-corrected chi connectivity index (χ2v) is 5.61. The van der Waals surface area contributed by atoms with E-state index in [0.717, 1.165) is 12.1 Å². The molecule has 6 nitrogen and oxygen atoms in total. The van der Waals surface area contributed by atoms with Crippen molar-refractivity contribution in [1.82, 2.24) is 5.16 Å². The van der Waals surface area contributed by atoms with Crippen LogP contribution in [0.2, 0.25) is 0 Å². The summed E-state index contributed by atoms with van der Waals surface area (Å²) >= 11 is 0. The predicted molar refractivity (Wildman–Crippen MR) is 67.6 cm³/mol. The number of hydrogen-bond acceptors (Lipinski definition) is 5. The molecule has 2 aromatic rings. The molecule has 0 unspecified atom stereocenters. The third-order valence-corrected chi connectivity index (χ3v) is 4.10. The van der Waals surface area contributed by atoms with Crippen LogP contribution >= 0.6 is 0 Å². The van der Waals surface area contributed by atoms with Crippen LogP contribution in [-0.4, -0.2) is 13.6 Å². The molecule has 0 spiro atoms. The number of nitrogen functional groups attached to an aromatic ring is 1. The molecule has 0 saturated heterocycles. The summed E-state index contributed by atoms with van der Waals surface area (Å²) in [6.07, 6.45) is 0. The fourth-order valence-corrected chi connectivity index (χ4v) is 3.10. The molecule has 0 atom stereocenters. The molecule has 0 radical (unpaired) electrons. The van der Waals surface area contributed by atoms with Gasteiger partial charge >= 0.3 is 0 Å². The summed E-state index contributed by atoms with van der Waals surface area (Å²) in [5.74, 6) is -0.372. The molecule has 0 amide bonds. The highest BCUT2D eigenvalue weighted by Crippen LogP contribution is 2.25. The van der Waals surface area contributed by atoms with Gasteiger partial charge in [0.25, 0.3) is 10.0 Å². The zero-order valence-electron chi connectivity index (χ0n) is 10.3. The van der Waals surface area contributed by atoms with Gasteiger partial charge in [-0.2, -0.15) is 0 Å². The van der Waals surface area contributed by atoms with Gasteiger partial charge < -0.3 is 10.3 Å². The van der Waals surface area contributed by atoms with Gasteiger partial charge in [0, 0.05) is 0 Å². The van der Waals surface area contributed by atoms with Gasteiger partial charge in [0.1, 0.15) is 11.5 Å². The first-order valence-electron chi connectivity index (χ1n) is 5.32. The Bertz CT molecular complexity index is 705. The molecular weight excluding hydrogens is 273 g/mol. The number of anilines is 2. The number of aryl methyl sites for hydroxylation is 2. The van der Waals surface area contributed by atoms with E-state index in [2.05, 4.69) is 9.88 Å². The van der Waals surface area contributed by atoms with Gasteiger partial charge in [-0.15, -0.1) is 0 Å². The van der Waals surface area contributed by atoms with Crippen LogP contribution in [-0.2, 0) is 10.0 Å². The van der Waals surface area contributed by atoms with Gasteiger partial charge in [-0.05, 0) is 32.0 Å². The molecule has 0 bridgehead atoms. The molecule has 0 saturated carbocycles. The third-order valence-electron chi connectivity index (χ3n) is 2.49. The Labute approximate surface area is 109 Å². The summed E-state index contributed by atoms with van der Waals surface area (Å²) in [7, 11) is -3.88. The van der Waals surface area contributed by atoms with Crippen molar-refractivity contribution in [3.8, 4) is 0 Å². The van der Waals surface area contributed by atoms with Crippen LogP contribution in [0, 0.1) is 19.7 Å². The second kappa shape index (κ2) is 4.54. The molecule has 0 aliphatic rings. The van der Waals surface area contributed by atoms with Crippen molar-refractivity contribution in [3.05, 3.63) is 35.5 Å². The second-order valence-electron chi connectivity index (χ2n) is 3.99.